The second-order valence-corrected chi connectivity index (χ2v) is 5.97. The van der Waals surface area contributed by atoms with Crippen LogP contribution >= 0.6 is 11.3 Å². The molecule has 0 saturated heterocycles. The molecule has 124 valence electrons. The van der Waals surface area contributed by atoms with Crippen LogP contribution in [0.3, 0.4) is 0 Å². The lowest BCUT2D eigenvalue weighted by atomic mass is 10.3. The Kier molecular flexibility index (Phi) is 6.24. The van der Waals surface area contributed by atoms with Gasteiger partial charge in [0.2, 0.25) is 11.6 Å². The molecule has 0 aliphatic rings. The van der Waals surface area contributed by atoms with Crippen molar-refractivity contribution in [1.82, 2.24) is 9.97 Å². The molecule has 0 aromatic carbocycles. The minimum absolute atomic E-state index is 0.104. The summed E-state index contributed by atoms with van der Waals surface area (Å²) in [5.74, 6) is 0.404. The normalized spacial score (nSPS) is 11.9. The Bertz CT molecular complexity index is 635. The van der Waals surface area contributed by atoms with Crippen molar-refractivity contribution in [1.29, 1.82) is 0 Å². The smallest absolute Gasteiger partial charge is 0.353 e. The van der Waals surface area contributed by atoms with Gasteiger partial charge in [0.05, 0.1) is 11.5 Å². The summed E-state index contributed by atoms with van der Waals surface area (Å²) in [6.07, 6.45) is 2.09. The third-order valence-corrected chi connectivity index (χ3v) is 3.98. The van der Waals surface area contributed by atoms with Crippen molar-refractivity contribution in [2.45, 2.75) is 19.4 Å². The van der Waals surface area contributed by atoms with Crippen LogP contribution in [-0.2, 0) is 11.2 Å². The molecule has 2 rings (SSSR count). The van der Waals surface area contributed by atoms with Gasteiger partial charge in [-0.1, -0.05) is 6.07 Å². The van der Waals surface area contributed by atoms with Gasteiger partial charge in [-0.15, -0.1) is 11.3 Å². The molecule has 0 aliphatic heterocycles. The van der Waals surface area contributed by atoms with Crippen molar-refractivity contribution in [3.05, 3.63) is 38.8 Å². The highest BCUT2D eigenvalue weighted by atomic mass is 32.1. The molecule has 23 heavy (non-hydrogen) atoms. The molecule has 0 bridgehead atoms. The van der Waals surface area contributed by atoms with Crippen LogP contribution in [0, 0.1) is 10.1 Å². The Morgan fingerprint density at radius 3 is 2.87 bits per heavy atom. The van der Waals surface area contributed by atoms with E-state index in [1.165, 1.54) is 11.2 Å². The molecule has 2 N–H and O–H groups in total. The predicted molar refractivity (Wildman–Crippen MR) is 90.2 cm³/mol. The van der Waals surface area contributed by atoms with E-state index in [0.717, 1.165) is 6.42 Å². The van der Waals surface area contributed by atoms with Gasteiger partial charge < -0.3 is 15.4 Å². The van der Waals surface area contributed by atoms with E-state index in [1.54, 1.807) is 18.4 Å². The molecule has 0 fully saturated rings. The summed E-state index contributed by atoms with van der Waals surface area (Å²) >= 11 is 1.65. The van der Waals surface area contributed by atoms with E-state index >= 15 is 0 Å². The van der Waals surface area contributed by atoms with E-state index < -0.39 is 4.92 Å². The van der Waals surface area contributed by atoms with Crippen molar-refractivity contribution in [2.75, 3.05) is 30.9 Å². The molecule has 2 heterocycles. The van der Waals surface area contributed by atoms with Gasteiger partial charge in [-0.05, 0) is 24.8 Å². The Balaban J connectivity index is 2.10. The highest BCUT2D eigenvalue weighted by Crippen LogP contribution is 2.29. The lowest BCUT2D eigenvalue weighted by Gasteiger charge is -2.14. The zero-order valence-electron chi connectivity index (χ0n) is 13.0. The van der Waals surface area contributed by atoms with Crippen molar-refractivity contribution < 1.29 is 9.66 Å². The van der Waals surface area contributed by atoms with Crippen LogP contribution in [0.15, 0.2) is 23.8 Å². The van der Waals surface area contributed by atoms with E-state index in [-0.39, 0.29) is 23.4 Å². The molecular formula is C14H19N5O3S. The van der Waals surface area contributed by atoms with Crippen LogP contribution in [0.25, 0.3) is 0 Å². The van der Waals surface area contributed by atoms with Gasteiger partial charge >= 0.3 is 5.69 Å². The maximum Gasteiger partial charge on any atom is 0.353 e. The number of rotatable bonds is 9. The number of hydrogen-bond acceptors (Lipinski definition) is 8. The van der Waals surface area contributed by atoms with Gasteiger partial charge in [0.15, 0.2) is 0 Å². The summed E-state index contributed by atoms with van der Waals surface area (Å²) < 4.78 is 5.02. The number of anilines is 2. The van der Waals surface area contributed by atoms with Crippen LogP contribution in [0.1, 0.15) is 11.8 Å². The Morgan fingerprint density at radius 2 is 2.22 bits per heavy atom. The predicted octanol–water partition coefficient (Wildman–Crippen LogP) is 2.55. The van der Waals surface area contributed by atoms with Gasteiger partial charge in [0.1, 0.15) is 6.33 Å². The molecule has 0 radical (unpaired) electrons. The topological polar surface area (TPSA) is 102 Å². The number of nitro groups is 1. The second kappa shape index (κ2) is 8.39. The number of nitrogens with one attached hydrogen (secondary N) is 2. The first-order chi connectivity index (χ1) is 11.1. The number of hydrogen-bond donors (Lipinski definition) is 2. The SMILES string of the molecule is COCC(C)Nc1ncnc(NCCc2cccs2)c1[N+](=O)[O-]. The highest BCUT2D eigenvalue weighted by Gasteiger charge is 2.23. The third-order valence-electron chi connectivity index (χ3n) is 3.05. The summed E-state index contributed by atoms with van der Waals surface area (Å²) in [7, 11) is 1.57. The zero-order valence-corrected chi connectivity index (χ0v) is 13.8. The van der Waals surface area contributed by atoms with Gasteiger partial charge in [-0.2, -0.15) is 0 Å². The van der Waals surface area contributed by atoms with Gasteiger partial charge in [0.25, 0.3) is 0 Å². The molecule has 9 heteroatoms. The molecule has 0 aliphatic carbocycles. The molecule has 8 nitrogen and oxygen atoms in total. The van der Waals surface area contributed by atoms with E-state index in [0.29, 0.717) is 13.2 Å². The second-order valence-electron chi connectivity index (χ2n) is 4.93. The molecular weight excluding hydrogens is 318 g/mol. The van der Waals surface area contributed by atoms with E-state index in [2.05, 4.69) is 20.6 Å². The Labute approximate surface area is 138 Å². The monoisotopic (exact) mass is 337 g/mol. The molecule has 2 aromatic rings. The Hall–Kier alpha value is -2.26. The fourth-order valence-electron chi connectivity index (χ4n) is 2.07. The molecule has 1 atom stereocenters. The quantitative estimate of drug-likeness (QED) is 0.535. The summed E-state index contributed by atoms with van der Waals surface area (Å²) in [6.45, 7) is 2.84. The molecule has 0 spiro atoms. The van der Waals surface area contributed by atoms with Crippen molar-refractivity contribution in [3.8, 4) is 0 Å². The Morgan fingerprint density at radius 1 is 1.43 bits per heavy atom. The zero-order chi connectivity index (χ0) is 16.7. The van der Waals surface area contributed by atoms with Crippen LogP contribution in [0.4, 0.5) is 17.3 Å². The third kappa shape index (κ3) is 4.86. The minimum Gasteiger partial charge on any atom is -0.383 e. The lowest BCUT2D eigenvalue weighted by Crippen LogP contribution is -2.22. The number of methoxy groups -OCH3 is 1. The standard InChI is InChI=1S/C14H19N5O3S/c1-10(8-22-2)18-14-12(19(20)21)13(16-9-17-14)15-6-5-11-4-3-7-23-11/h3-4,7,9-10H,5-6,8H2,1-2H3,(H2,15,16,17,18). The van der Waals surface area contributed by atoms with Gasteiger partial charge in [-0.25, -0.2) is 9.97 Å². The molecule has 2 aromatic heterocycles. The van der Waals surface area contributed by atoms with Crippen molar-refractivity contribution in [3.63, 3.8) is 0 Å². The van der Waals surface area contributed by atoms with E-state index in [4.69, 9.17) is 4.74 Å². The van der Waals surface area contributed by atoms with Crippen LogP contribution in [0.5, 0.6) is 0 Å². The molecule has 1 unspecified atom stereocenters. The maximum atomic E-state index is 11.4. The number of ether oxygens (including phenoxy) is 1. The first-order valence-electron chi connectivity index (χ1n) is 7.13. The van der Waals surface area contributed by atoms with Crippen LogP contribution in [0.2, 0.25) is 0 Å². The minimum atomic E-state index is -0.477. The fraction of sp³-hybridized carbons (Fsp3) is 0.429. The van der Waals surface area contributed by atoms with Gasteiger partial charge in [-0.3, -0.25) is 10.1 Å². The summed E-state index contributed by atoms with van der Waals surface area (Å²) in [6, 6.07) is 3.90. The largest absolute Gasteiger partial charge is 0.383 e. The van der Waals surface area contributed by atoms with Gasteiger partial charge in [0, 0.05) is 24.6 Å². The van der Waals surface area contributed by atoms with Crippen LogP contribution < -0.4 is 10.6 Å². The summed E-state index contributed by atoms with van der Waals surface area (Å²) in [5.41, 5.74) is -0.151. The first-order valence-corrected chi connectivity index (χ1v) is 8.01. The summed E-state index contributed by atoms with van der Waals surface area (Å²) in [4.78, 5) is 20.1. The fourth-order valence-corrected chi connectivity index (χ4v) is 2.78. The van der Waals surface area contributed by atoms with E-state index in [9.17, 15) is 10.1 Å². The van der Waals surface area contributed by atoms with Crippen LogP contribution in [-0.4, -0.2) is 41.2 Å². The first kappa shape index (κ1) is 17.1. The van der Waals surface area contributed by atoms with E-state index in [1.807, 2.05) is 24.4 Å². The molecule has 0 saturated carbocycles. The van der Waals surface area contributed by atoms with Crippen molar-refractivity contribution in [2.24, 2.45) is 0 Å². The van der Waals surface area contributed by atoms with Crippen molar-refractivity contribution >= 4 is 28.7 Å². The maximum absolute atomic E-state index is 11.4. The average molecular weight is 337 g/mol. The average Bonchev–Trinajstić information content (AvgIpc) is 3.00. The summed E-state index contributed by atoms with van der Waals surface area (Å²) in [5, 5.41) is 19.4. The molecule has 0 amide bonds. The highest BCUT2D eigenvalue weighted by molar-refractivity contribution is 7.09. The lowest BCUT2D eigenvalue weighted by molar-refractivity contribution is -0.383. The number of thiophene rings is 1. The number of nitrogens with zero attached hydrogens (tertiary/aromatic N) is 3. The number of aromatic nitrogens is 2.